The minimum atomic E-state index is -0.732. The molecule has 0 aliphatic rings. The zero-order valence-corrected chi connectivity index (χ0v) is 13.8. The number of hydrogen-bond acceptors (Lipinski definition) is 4. The number of carbonyl (C=O) groups excluding carboxylic acids is 1. The second-order valence-electron chi connectivity index (χ2n) is 4.39. The summed E-state index contributed by atoms with van der Waals surface area (Å²) in [6.07, 6.45) is 4.36. The fourth-order valence-electron chi connectivity index (χ4n) is 1.77. The Bertz CT molecular complexity index is 619. The summed E-state index contributed by atoms with van der Waals surface area (Å²) in [5.41, 5.74) is 1.23. The number of carbonyl (C=O) groups is 1. The van der Waals surface area contributed by atoms with Crippen LogP contribution in [0.4, 0.5) is 0 Å². The molecule has 4 nitrogen and oxygen atoms in total. The average molecular weight is 367 g/mol. The van der Waals surface area contributed by atoms with Gasteiger partial charge in [-0.15, -0.1) is 11.8 Å². The van der Waals surface area contributed by atoms with Crippen molar-refractivity contribution >= 4 is 33.6 Å². The third-order valence-electron chi connectivity index (χ3n) is 2.92. The number of aromatic nitrogens is 1. The molecule has 1 amide bonds. The quantitative estimate of drug-likeness (QED) is 0.798. The van der Waals surface area contributed by atoms with Crippen molar-refractivity contribution < 1.29 is 9.90 Å². The van der Waals surface area contributed by atoms with Crippen LogP contribution in [0.3, 0.4) is 0 Å². The molecule has 0 spiro atoms. The highest BCUT2D eigenvalue weighted by molar-refractivity contribution is 9.10. The molecule has 1 aromatic heterocycles. The Hall–Kier alpha value is -1.37. The Morgan fingerprint density at radius 1 is 1.38 bits per heavy atom. The number of nitrogens with zero attached hydrogens (tertiary/aromatic N) is 1. The van der Waals surface area contributed by atoms with Crippen LogP contribution in [0.25, 0.3) is 0 Å². The molecule has 6 heteroatoms. The molecule has 1 unspecified atom stereocenters. The van der Waals surface area contributed by atoms with Crippen LogP contribution >= 0.6 is 27.7 Å². The van der Waals surface area contributed by atoms with Gasteiger partial charge in [-0.1, -0.05) is 12.1 Å². The molecule has 2 rings (SSSR count). The van der Waals surface area contributed by atoms with Gasteiger partial charge in [0.05, 0.1) is 11.7 Å². The summed E-state index contributed by atoms with van der Waals surface area (Å²) in [7, 11) is 0. The van der Waals surface area contributed by atoms with Crippen LogP contribution in [-0.2, 0) is 0 Å². The van der Waals surface area contributed by atoms with E-state index < -0.39 is 6.10 Å². The topological polar surface area (TPSA) is 62.2 Å². The third-order valence-corrected chi connectivity index (χ3v) is 4.10. The normalized spacial score (nSPS) is 12.0. The van der Waals surface area contributed by atoms with E-state index in [-0.39, 0.29) is 12.5 Å². The van der Waals surface area contributed by atoms with Crippen molar-refractivity contribution in [3.63, 3.8) is 0 Å². The zero-order chi connectivity index (χ0) is 15.2. The highest BCUT2D eigenvalue weighted by Crippen LogP contribution is 2.18. The first kappa shape index (κ1) is 16.0. The molecule has 0 fully saturated rings. The highest BCUT2D eigenvalue weighted by Gasteiger charge is 2.11. The standard InChI is InChI=1S/C15H15BrN2O2S/c1-21-13-4-2-10(3-5-13)14(19)9-18-15(20)11-6-12(16)8-17-7-11/h2-8,14,19H,9H2,1H3,(H,18,20). The van der Waals surface area contributed by atoms with Gasteiger partial charge >= 0.3 is 0 Å². The molecule has 2 aromatic rings. The Labute approximate surface area is 136 Å². The van der Waals surface area contributed by atoms with Crippen LogP contribution in [0.5, 0.6) is 0 Å². The van der Waals surface area contributed by atoms with Crippen LogP contribution in [-0.4, -0.2) is 28.8 Å². The van der Waals surface area contributed by atoms with E-state index in [1.807, 2.05) is 30.5 Å². The number of nitrogens with one attached hydrogen (secondary N) is 1. The van der Waals surface area contributed by atoms with Crippen molar-refractivity contribution in [1.82, 2.24) is 10.3 Å². The van der Waals surface area contributed by atoms with Gasteiger partial charge in [0.2, 0.25) is 0 Å². The minimum Gasteiger partial charge on any atom is -0.387 e. The summed E-state index contributed by atoms with van der Waals surface area (Å²) in [5.74, 6) is -0.261. The fraction of sp³-hybridized carbons (Fsp3) is 0.200. The number of halogens is 1. The van der Waals surface area contributed by atoms with Gasteiger partial charge in [0.1, 0.15) is 0 Å². The number of benzene rings is 1. The Kier molecular flexibility index (Phi) is 5.78. The molecule has 0 bridgehead atoms. The Balaban J connectivity index is 1.93. The Morgan fingerprint density at radius 3 is 2.71 bits per heavy atom. The van der Waals surface area contributed by atoms with Crippen molar-refractivity contribution in [3.8, 4) is 0 Å². The summed E-state index contributed by atoms with van der Waals surface area (Å²) in [5, 5.41) is 12.8. The summed E-state index contributed by atoms with van der Waals surface area (Å²) >= 11 is 4.91. The molecule has 0 saturated carbocycles. The molecule has 0 aliphatic heterocycles. The summed E-state index contributed by atoms with van der Waals surface area (Å²) in [6.45, 7) is 0.157. The van der Waals surface area contributed by atoms with E-state index in [4.69, 9.17) is 0 Å². The van der Waals surface area contributed by atoms with Crippen LogP contribution in [0.15, 0.2) is 52.1 Å². The second kappa shape index (κ2) is 7.59. The maximum atomic E-state index is 11.9. The first-order valence-corrected chi connectivity index (χ1v) is 8.32. The highest BCUT2D eigenvalue weighted by atomic mass is 79.9. The number of amides is 1. The second-order valence-corrected chi connectivity index (χ2v) is 6.19. The van der Waals surface area contributed by atoms with E-state index in [1.165, 1.54) is 6.20 Å². The van der Waals surface area contributed by atoms with Crippen LogP contribution in [0.1, 0.15) is 22.0 Å². The van der Waals surface area contributed by atoms with Crippen LogP contribution in [0, 0.1) is 0 Å². The van der Waals surface area contributed by atoms with Crippen molar-refractivity contribution in [2.24, 2.45) is 0 Å². The number of aliphatic hydroxyl groups is 1. The van der Waals surface area contributed by atoms with Crippen molar-refractivity contribution in [1.29, 1.82) is 0 Å². The molecular weight excluding hydrogens is 352 g/mol. The molecule has 110 valence electrons. The molecule has 1 atom stereocenters. The van der Waals surface area contributed by atoms with Gasteiger partial charge in [-0.3, -0.25) is 9.78 Å². The largest absolute Gasteiger partial charge is 0.387 e. The molecule has 1 heterocycles. The molecule has 0 saturated heterocycles. The summed E-state index contributed by atoms with van der Waals surface area (Å²) in [6, 6.07) is 9.31. The number of rotatable bonds is 5. The SMILES string of the molecule is CSc1ccc(C(O)CNC(=O)c2cncc(Br)c2)cc1. The van der Waals surface area contributed by atoms with Gasteiger partial charge in [0, 0.05) is 28.3 Å². The number of thioether (sulfide) groups is 1. The van der Waals surface area contributed by atoms with Crippen molar-refractivity contribution in [3.05, 3.63) is 58.3 Å². The van der Waals surface area contributed by atoms with Crippen molar-refractivity contribution in [2.75, 3.05) is 12.8 Å². The van der Waals surface area contributed by atoms with Gasteiger partial charge in [0.25, 0.3) is 5.91 Å². The van der Waals surface area contributed by atoms with E-state index in [1.54, 1.807) is 24.0 Å². The maximum Gasteiger partial charge on any atom is 0.252 e. The van der Waals surface area contributed by atoms with Gasteiger partial charge < -0.3 is 10.4 Å². The molecule has 2 N–H and O–H groups in total. The molecule has 21 heavy (non-hydrogen) atoms. The van der Waals surface area contributed by atoms with E-state index in [0.29, 0.717) is 5.56 Å². The first-order valence-electron chi connectivity index (χ1n) is 6.31. The van der Waals surface area contributed by atoms with Gasteiger partial charge in [0.15, 0.2) is 0 Å². The molecule has 0 aliphatic carbocycles. The average Bonchev–Trinajstić information content (AvgIpc) is 2.52. The van der Waals surface area contributed by atoms with Crippen LogP contribution in [0.2, 0.25) is 0 Å². The predicted octanol–water partition coefficient (Wildman–Crippen LogP) is 3.03. The molecular formula is C15H15BrN2O2S. The number of pyridine rings is 1. The Morgan fingerprint density at radius 2 is 2.10 bits per heavy atom. The monoisotopic (exact) mass is 366 g/mol. The lowest BCUT2D eigenvalue weighted by molar-refractivity contribution is 0.0916. The minimum absolute atomic E-state index is 0.157. The fourth-order valence-corrected chi connectivity index (χ4v) is 2.54. The lowest BCUT2D eigenvalue weighted by Gasteiger charge is -2.12. The third kappa shape index (κ3) is 4.56. The van der Waals surface area contributed by atoms with Gasteiger partial charge in [-0.25, -0.2) is 0 Å². The summed E-state index contributed by atoms with van der Waals surface area (Å²) < 4.78 is 0.739. The molecule has 0 radical (unpaired) electrons. The predicted molar refractivity (Wildman–Crippen MR) is 87.5 cm³/mol. The lowest BCUT2D eigenvalue weighted by atomic mass is 10.1. The van der Waals surface area contributed by atoms with Crippen molar-refractivity contribution in [2.45, 2.75) is 11.0 Å². The van der Waals surface area contributed by atoms with E-state index in [0.717, 1.165) is 14.9 Å². The van der Waals surface area contributed by atoms with Gasteiger partial charge in [-0.05, 0) is 45.9 Å². The molecule has 1 aromatic carbocycles. The van der Waals surface area contributed by atoms with E-state index in [9.17, 15) is 9.90 Å². The zero-order valence-electron chi connectivity index (χ0n) is 11.4. The first-order chi connectivity index (χ1) is 10.1. The number of hydrogen-bond donors (Lipinski definition) is 2. The summed E-state index contributed by atoms with van der Waals surface area (Å²) in [4.78, 5) is 17.0. The van der Waals surface area contributed by atoms with Crippen LogP contribution < -0.4 is 5.32 Å². The number of aliphatic hydroxyl groups excluding tert-OH is 1. The van der Waals surface area contributed by atoms with E-state index in [2.05, 4.69) is 26.2 Å². The lowest BCUT2D eigenvalue weighted by Crippen LogP contribution is -2.28. The van der Waals surface area contributed by atoms with Gasteiger partial charge in [-0.2, -0.15) is 0 Å². The smallest absolute Gasteiger partial charge is 0.252 e. The van der Waals surface area contributed by atoms with E-state index >= 15 is 0 Å². The maximum absolute atomic E-state index is 11.9.